The average Bonchev–Trinajstić information content (AvgIpc) is 2.27. The lowest BCUT2D eigenvalue weighted by Gasteiger charge is -2.12. The highest BCUT2D eigenvalue weighted by Crippen LogP contribution is 2.36. The van der Waals surface area contributed by atoms with E-state index in [9.17, 15) is 13.2 Å². The Balaban J connectivity index is 2.26. The number of nitrogens with zero attached hydrogens (tertiary/aromatic N) is 1. The molecule has 0 saturated heterocycles. The summed E-state index contributed by atoms with van der Waals surface area (Å²) in [4.78, 5) is 3.76. The molecule has 1 heterocycles. The number of nitrogens with two attached hydrogens (primary N) is 1. The largest absolute Gasteiger partial charge is 0.457 e. The molecule has 100 valence electrons. The highest BCUT2D eigenvalue weighted by atomic mass is 35.5. The second-order valence-corrected chi connectivity index (χ2v) is 4.05. The Hall–Kier alpha value is -1.95. The Bertz CT molecular complexity index is 602. The Morgan fingerprint density at radius 2 is 1.79 bits per heavy atom. The number of hydrogen-bond donors (Lipinski definition) is 1. The Morgan fingerprint density at radius 1 is 1.11 bits per heavy atom. The van der Waals surface area contributed by atoms with Crippen molar-refractivity contribution < 1.29 is 17.9 Å². The van der Waals surface area contributed by atoms with Gasteiger partial charge in [-0.25, -0.2) is 4.98 Å². The summed E-state index contributed by atoms with van der Waals surface area (Å²) in [6.07, 6.45) is -3.06. The molecule has 0 bridgehead atoms. The number of ether oxygens (including phenoxy) is 1. The second kappa shape index (κ2) is 4.97. The van der Waals surface area contributed by atoms with E-state index < -0.39 is 17.4 Å². The van der Waals surface area contributed by atoms with Gasteiger partial charge < -0.3 is 10.5 Å². The van der Waals surface area contributed by atoms with Gasteiger partial charge in [-0.2, -0.15) is 13.2 Å². The molecular formula is C12H8ClF3N2O. The van der Waals surface area contributed by atoms with Crippen LogP contribution in [0.5, 0.6) is 11.5 Å². The topological polar surface area (TPSA) is 48.1 Å². The van der Waals surface area contributed by atoms with Crippen LogP contribution in [0.25, 0.3) is 0 Å². The van der Waals surface area contributed by atoms with Gasteiger partial charge in [0.25, 0.3) is 0 Å². The molecular weight excluding hydrogens is 281 g/mol. The monoisotopic (exact) mass is 288 g/mol. The Labute approximate surface area is 111 Å². The minimum atomic E-state index is -4.48. The maximum Gasteiger partial charge on any atom is 0.418 e. The van der Waals surface area contributed by atoms with Crippen LogP contribution in [0.2, 0.25) is 5.15 Å². The molecule has 0 aliphatic rings. The van der Waals surface area contributed by atoms with Gasteiger partial charge in [-0.15, -0.1) is 0 Å². The van der Waals surface area contributed by atoms with E-state index in [0.717, 1.165) is 12.1 Å². The van der Waals surface area contributed by atoms with E-state index in [1.807, 2.05) is 0 Å². The van der Waals surface area contributed by atoms with Crippen LogP contribution in [-0.2, 0) is 6.18 Å². The van der Waals surface area contributed by atoms with Gasteiger partial charge in [0.15, 0.2) is 0 Å². The molecule has 0 radical (unpaired) electrons. The summed E-state index contributed by atoms with van der Waals surface area (Å²) in [5, 5.41) is 0.220. The highest BCUT2D eigenvalue weighted by Gasteiger charge is 2.32. The molecule has 2 rings (SSSR count). The molecule has 1 aromatic heterocycles. The molecule has 0 fully saturated rings. The Morgan fingerprint density at radius 3 is 2.37 bits per heavy atom. The smallest absolute Gasteiger partial charge is 0.418 e. The zero-order chi connectivity index (χ0) is 14.0. The lowest BCUT2D eigenvalue weighted by molar-refractivity contribution is -0.136. The number of rotatable bonds is 2. The number of nitrogen functional groups attached to an aromatic ring is 1. The van der Waals surface area contributed by atoms with Crippen molar-refractivity contribution in [2.45, 2.75) is 6.18 Å². The molecule has 0 spiro atoms. The van der Waals surface area contributed by atoms with E-state index in [4.69, 9.17) is 22.1 Å². The minimum Gasteiger partial charge on any atom is -0.457 e. The SMILES string of the molecule is Nc1cc(Oc2ccnc(Cl)c2)ccc1C(F)(F)F. The number of anilines is 1. The van der Waals surface area contributed by atoms with Gasteiger partial charge in [0.1, 0.15) is 16.7 Å². The molecule has 0 atom stereocenters. The molecule has 0 aliphatic carbocycles. The lowest BCUT2D eigenvalue weighted by atomic mass is 10.1. The first kappa shape index (κ1) is 13.5. The van der Waals surface area contributed by atoms with Gasteiger partial charge in [0.2, 0.25) is 0 Å². The van der Waals surface area contributed by atoms with Crippen molar-refractivity contribution in [2.24, 2.45) is 0 Å². The van der Waals surface area contributed by atoms with Crippen LogP contribution in [0.3, 0.4) is 0 Å². The fraction of sp³-hybridized carbons (Fsp3) is 0.0833. The van der Waals surface area contributed by atoms with E-state index in [2.05, 4.69) is 4.98 Å². The predicted octanol–water partition coefficient (Wildman–Crippen LogP) is 4.13. The number of pyridine rings is 1. The van der Waals surface area contributed by atoms with E-state index in [1.165, 1.54) is 24.4 Å². The van der Waals surface area contributed by atoms with Crippen molar-refractivity contribution in [3.63, 3.8) is 0 Å². The van der Waals surface area contributed by atoms with Gasteiger partial charge in [-0.1, -0.05) is 11.6 Å². The molecule has 0 unspecified atom stereocenters. The van der Waals surface area contributed by atoms with Crippen LogP contribution in [0.4, 0.5) is 18.9 Å². The number of hydrogen-bond acceptors (Lipinski definition) is 3. The standard InChI is InChI=1S/C12H8ClF3N2O/c13-11-6-8(3-4-18-11)19-7-1-2-9(10(17)5-7)12(14,15)16/h1-6H,17H2. The summed E-state index contributed by atoms with van der Waals surface area (Å²) < 4.78 is 42.9. The van der Waals surface area contributed by atoms with Crippen molar-refractivity contribution in [3.05, 3.63) is 47.2 Å². The van der Waals surface area contributed by atoms with Crippen LogP contribution >= 0.6 is 11.6 Å². The van der Waals surface area contributed by atoms with Gasteiger partial charge in [0.05, 0.1) is 5.56 Å². The summed E-state index contributed by atoms with van der Waals surface area (Å²) in [6, 6.07) is 6.13. The minimum absolute atomic E-state index is 0.188. The first-order valence-corrected chi connectivity index (χ1v) is 5.50. The van der Waals surface area contributed by atoms with Crippen LogP contribution in [-0.4, -0.2) is 4.98 Å². The van der Waals surface area contributed by atoms with Crippen LogP contribution < -0.4 is 10.5 Å². The van der Waals surface area contributed by atoms with Crippen molar-refractivity contribution in [1.29, 1.82) is 0 Å². The first-order chi connectivity index (χ1) is 8.86. The van der Waals surface area contributed by atoms with Crippen molar-refractivity contribution in [3.8, 4) is 11.5 Å². The number of alkyl halides is 3. The molecule has 7 heteroatoms. The number of aromatic nitrogens is 1. The quantitative estimate of drug-likeness (QED) is 0.668. The third-order valence-electron chi connectivity index (χ3n) is 2.26. The van der Waals surface area contributed by atoms with Gasteiger partial charge >= 0.3 is 6.18 Å². The molecule has 19 heavy (non-hydrogen) atoms. The lowest BCUT2D eigenvalue weighted by Crippen LogP contribution is -2.08. The van der Waals surface area contributed by atoms with Crippen LogP contribution in [0, 0.1) is 0 Å². The molecule has 0 aliphatic heterocycles. The highest BCUT2D eigenvalue weighted by molar-refractivity contribution is 6.29. The molecule has 0 saturated carbocycles. The van der Waals surface area contributed by atoms with Crippen molar-refractivity contribution >= 4 is 17.3 Å². The molecule has 1 aromatic carbocycles. The summed E-state index contributed by atoms with van der Waals surface area (Å²) in [5.41, 5.74) is 4.06. The first-order valence-electron chi connectivity index (χ1n) is 5.12. The molecule has 0 amide bonds. The van der Waals surface area contributed by atoms with Crippen LogP contribution in [0.1, 0.15) is 5.56 Å². The van der Waals surface area contributed by atoms with Gasteiger partial charge in [-0.3, -0.25) is 0 Å². The molecule has 2 N–H and O–H groups in total. The zero-order valence-corrected chi connectivity index (χ0v) is 10.2. The normalized spacial score (nSPS) is 11.4. The second-order valence-electron chi connectivity index (χ2n) is 3.66. The van der Waals surface area contributed by atoms with E-state index >= 15 is 0 Å². The fourth-order valence-electron chi connectivity index (χ4n) is 1.45. The fourth-order valence-corrected chi connectivity index (χ4v) is 1.61. The van der Waals surface area contributed by atoms with E-state index in [0.29, 0.717) is 5.75 Å². The zero-order valence-electron chi connectivity index (χ0n) is 9.41. The van der Waals surface area contributed by atoms with Crippen LogP contribution in [0.15, 0.2) is 36.5 Å². The summed E-state index contributed by atoms with van der Waals surface area (Å²) >= 11 is 5.66. The van der Waals surface area contributed by atoms with E-state index in [1.54, 1.807) is 0 Å². The Kier molecular flexibility index (Phi) is 3.53. The third kappa shape index (κ3) is 3.29. The number of halogens is 4. The maximum atomic E-state index is 12.5. The predicted molar refractivity (Wildman–Crippen MR) is 65.2 cm³/mol. The van der Waals surface area contributed by atoms with Crippen molar-refractivity contribution in [2.75, 3.05) is 5.73 Å². The molecule has 2 aromatic rings. The maximum absolute atomic E-state index is 12.5. The van der Waals surface area contributed by atoms with Gasteiger partial charge in [0, 0.05) is 24.0 Å². The summed E-state index contributed by atoms with van der Waals surface area (Å²) in [5.74, 6) is 0.548. The number of benzene rings is 1. The van der Waals surface area contributed by atoms with Gasteiger partial charge in [-0.05, 0) is 18.2 Å². The van der Waals surface area contributed by atoms with Crippen molar-refractivity contribution in [1.82, 2.24) is 4.98 Å². The average molecular weight is 289 g/mol. The summed E-state index contributed by atoms with van der Waals surface area (Å²) in [7, 11) is 0. The van der Waals surface area contributed by atoms with E-state index in [-0.39, 0.29) is 10.9 Å². The third-order valence-corrected chi connectivity index (χ3v) is 2.47. The molecule has 3 nitrogen and oxygen atoms in total. The summed E-state index contributed by atoms with van der Waals surface area (Å²) in [6.45, 7) is 0.